The Morgan fingerprint density at radius 1 is 1.20 bits per heavy atom. The second kappa shape index (κ2) is 3.61. The molecule has 0 bridgehead atoms. The fourth-order valence-electron chi connectivity index (χ4n) is 1.22. The van der Waals surface area contributed by atoms with Crippen molar-refractivity contribution in [2.45, 2.75) is 0 Å². The number of aromatic nitrogens is 2. The van der Waals surface area contributed by atoms with Crippen molar-refractivity contribution in [3.8, 4) is 11.3 Å². The van der Waals surface area contributed by atoms with Gasteiger partial charge in [0, 0.05) is 11.6 Å². The number of nitrogens with one attached hydrogen (secondary N) is 1. The van der Waals surface area contributed by atoms with Gasteiger partial charge in [0.2, 0.25) is 0 Å². The zero-order valence-corrected chi connectivity index (χ0v) is 7.50. The summed E-state index contributed by atoms with van der Waals surface area (Å²) >= 11 is 0. The highest BCUT2D eigenvalue weighted by Gasteiger charge is 2.06. The van der Waals surface area contributed by atoms with Crippen LogP contribution in [0, 0.1) is 11.6 Å². The van der Waals surface area contributed by atoms with Crippen molar-refractivity contribution >= 4 is 0 Å². The number of nitrogens with zero attached hydrogens (tertiary/aromatic N) is 1. The van der Waals surface area contributed by atoms with Crippen molar-refractivity contribution in [1.29, 1.82) is 0 Å². The summed E-state index contributed by atoms with van der Waals surface area (Å²) < 4.78 is 25.9. The molecule has 0 aliphatic heterocycles. The quantitative estimate of drug-likeness (QED) is 0.775. The lowest BCUT2D eigenvalue weighted by molar-refractivity contribution is 0.585. The number of H-pyrrole nitrogens is 1. The number of aromatic amines is 1. The first-order valence-electron chi connectivity index (χ1n) is 4.16. The van der Waals surface area contributed by atoms with Gasteiger partial charge in [0.25, 0.3) is 5.56 Å². The van der Waals surface area contributed by atoms with Crippen LogP contribution in [0.15, 0.2) is 35.4 Å². The minimum Gasteiger partial charge on any atom is -0.319 e. The summed E-state index contributed by atoms with van der Waals surface area (Å²) in [7, 11) is 0. The van der Waals surface area contributed by atoms with E-state index in [9.17, 15) is 13.6 Å². The molecule has 0 saturated heterocycles. The molecule has 0 saturated carbocycles. The molecule has 0 amide bonds. The first kappa shape index (κ1) is 9.51. The van der Waals surface area contributed by atoms with Crippen molar-refractivity contribution in [2.75, 3.05) is 0 Å². The minimum atomic E-state index is -0.737. The molecule has 1 N–H and O–H groups in total. The van der Waals surface area contributed by atoms with Gasteiger partial charge < -0.3 is 4.98 Å². The molecule has 15 heavy (non-hydrogen) atoms. The summed E-state index contributed by atoms with van der Waals surface area (Å²) in [6, 6.07) is 3.11. The molecule has 0 aliphatic rings. The van der Waals surface area contributed by atoms with Crippen LogP contribution in [0.4, 0.5) is 8.78 Å². The Labute approximate surface area is 83.4 Å². The number of halogens is 2. The van der Waals surface area contributed by atoms with Crippen LogP contribution in [0.1, 0.15) is 0 Å². The summed E-state index contributed by atoms with van der Waals surface area (Å²) in [6.45, 7) is 0. The number of hydrogen-bond acceptors (Lipinski definition) is 2. The average Bonchev–Trinajstić information content (AvgIpc) is 2.17. The number of hydrogen-bond donors (Lipinski definition) is 1. The molecule has 0 unspecified atom stereocenters. The van der Waals surface area contributed by atoms with Crippen LogP contribution in [-0.4, -0.2) is 9.97 Å². The van der Waals surface area contributed by atoms with Crippen molar-refractivity contribution in [3.05, 3.63) is 52.6 Å². The fourth-order valence-corrected chi connectivity index (χ4v) is 1.22. The van der Waals surface area contributed by atoms with Crippen LogP contribution < -0.4 is 5.56 Å². The highest BCUT2D eigenvalue weighted by Crippen LogP contribution is 2.19. The summed E-state index contributed by atoms with van der Waals surface area (Å²) in [4.78, 5) is 17.0. The standard InChI is InChI=1S/C10H6F2N2O/c11-6-1-2-7(8(12)3-6)9-4-13-5-10(15)14-9/h1-5H,(H,14,15). The molecule has 1 heterocycles. The van der Waals surface area contributed by atoms with Gasteiger partial charge in [-0.15, -0.1) is 0 Å². The minimum absolute atomic E-state index is 0.113. The summed E-state index contributed by atoms with van der Waals surface area (Å²) in [5, 5.41) is 0. The van der Waals surface area contributed by atoms with Gasteiger partial charge >= 0.3 is 0 Å². The predicted octanol–water partition coefficient (Wildman–Crippen LogP) is 1.72. The molecule has 0 spiro atoms. The molecular formula is C10H6F2N2O. The smallest absolute Gasteiger partial charge is 0.266 e. The Kier molecular flexibility index (Phi) is 2.29. The largest absolute Gasteiger partial charge is 0.319 e. The van der Waals surface area contributed by atoms with Crippen LogP contribution in [0.3, 0.4) is 0 Å². The van der Waals surface area contributed by atoms with Gasteiger partial charge in [0.1, 0.15) is 11.6 Å². The van der Waals surface area contributed by atoms with E-state index in [2.05, 4.69) is 9.97 Å². The van der Waals surface area contributed by atoms with Gasteiger partial charge in [0.05, 0.1) is 18.1 Å². The van der Waals surface area contributed by atoms with E-state index in [4.69, 9.17) is 0 Å². The molecule has 0 radical (unpaired) electrons. The molecule has 0 aliphatic carbocycles. The van der Waals surface area contributed by atoms with Crippen LogP contribution in [-0.2, 0) is 0 Å². The van der Waals surface area contributed by atoms with Crippen LogP contribution >= 0.6 is 0 Å². The van der Waals surface area contributed by atoms with Gasteiger partial charge in [0.15, 0.2) is 0 Å². The SMILES string of the molecule is O=c1cncc(-c2ccc(F)cc2F)[nH]1. The van der Waals surface area contributed by atoms with Crippen LogP contribution in [0.5, 0.6) is 0 Å². The van der Waals surface area contributed by atoms with E-state index in [0.29, 0.717) is 0 Å². The van der Waals surface area contributed by atoms with Crippen molar-refractivity contribution in [2.24, 2.45) is 0 Å². The van der Waals surface area contributed by atoms with E-state index in [1.54, 1.807) is 0 Å². The van der Waals surface area contributed by atoms with Gasteiger partial charge in [-0.05, 0) is 12.1 Å². The summed E-state index contributed by atoms with van der Waals surface area (Å²) in [6.07, 6.45) is 2.38. The third kappa shape index (κ3) is 1.90. The maximum atomic E-state index is 13.3. The van der Waals surface area contributed by atoms with Crippen molar-refractivity contribution < 1.29 is 8.78 Å². The van der Waals surface area contributed by atoms with Crippen LogP contribution in [0.25, 0.3) is 11.3 Å². The lowest BCUT2D eigenvalue weighted by atomic mass is 10.1. The van der Waals surface area contributed by atoms with E-state index in [1.807, 2.05) is 0 Å². The number of rotatable bonds is 1. The first-order chi connectivity index (χ1) is 7.16. The first-order valence-corrected chi connectivity index (χ1v) is 4.16. The fraction of sp³-hybridized carbons (Fsp3) is 0. The molecule has 1 aromatic carbocycles. The molecule has 3 nitrogen and oxygen atoms in total. The monoisotopic (exact) mass is 208 g/mol. The Morgan fingerprint density at radius 2 is 2.00 bits per heavy atom. The maximum Gasteiger partial charge on any atom is 0.266 e. The molecule has 5 heteroatoms. The van der Waals surface area contributed by atoms with Gasteiger partial charge in [-0.25, -0.2) is 8.78 Å². The average molecular weight is 208 g/mol. The van der Waals surface area contributed by atoms with E-state index in [0.717, 1.165) is 18.3 Å². The Hall–Kier alpha value is -2.04. The normalized spacial score (nSPS) is 10.3. The molecule has 2 rings (SSSR count). The molecule has 0 fully saturated rings. The van der Waals surface area contributed by atoms with Gasteiger partial charge in [-0.1, -0.05) is 0 Å². The lowest BCUT2D eigenvalue weighted by Crippen LogP contribution is -2.06. The highest BCUT2D eigenvalue weighted by atomic mass is 19.1. The predicted molar refractivity (Wildman–Crippen MR) is 50.2 cm³/mol. The Bertz CT molecular complexity index is 551. The van der Waals surface area contributed by atoms with Crippen molar-refractivity contribution in [1.82, 2.24) is 9.97 Å². The molecule has 0 atom stereocenters. The highest BCUT2D eigenvalue weighted by molar-refractivity contribution is 5.58. The van der Waals surface area contributed by atoms with E-state index >= 15 is 0 Å². The Morgan fingerprint density at radius 3 is 2.67 bits per heavy atom. The van der Waals surface area contributed by atoms with E-state index in [-0.39, 0.29) is 11.3 Å². The van der Waals surface area contributed by atoms with Crippen molar-refractivity contribution in [3.63, 3.8) is 0 Å². The second-order valence-corrected chi connectivity index (χ2v) is 2.93. The summed E-state index contributed by atoms with van der Waals surface area (Å²) in [5.74, 6) is -1.40. The van der Waals surface area contributed by atoms with Gasteiger partial charge in [-0.2, -0.15) is 0 Å². The maximum absolute atomic E-state index is 13.3. The van der Waals surface area contributed by atoms with E-state index < -0.39 is 17.2 Å². The number of benzene rings is 1. The lowest BCUT2D eigenvalue weighted by Gasteiger charge is -2.01. The zero-order chi connectivity index (χ0) is 10.8. The van der Waals surface area contributed by atoms with Gasteiger partial charge in [-0.3, -0.25) is 9.78 Å². The van der Waals surface area contributed by atoms with E-state index in [1.165, 1.54) is 12.3 Å². The summed E-state index contributed by atoms with van der Waals surface area (Å²) in [5.41, 5.74) is -0.0992. The molecule has 1 aromatic heterocycles. The topological polar surface area (TPSA) is 45.8 Å². The van der Waals surface area contributed by atoms with Crippen LogP contribution in [0.2, 0.25) is 0 Å². The zero-order valence-electron chi connectivity index (χ0n) is 7.50. The third-order valence-electron chi connectivity index (χ3n) is 1.87. The third-order valence-corrected chi connectivity index (χ3v) is 1.87. The molecular weight excluding hydrogens is 202 g/mol. The molecule has 76 valence electrons. The molecule has 2 aromatic rings. The Balaban J connectivity index is 2.59. The second-order valence-electron chi connectivity index (χ2n) is 2.93.